The molecule has 1 fully saturated rings. The van der Waals surface area contributed by atoms with E-state index in [1.165, 1.54) is 13.3 Å². The predicted molar refractivity (Wildman–Crippen MR) is 85.7 cm³/mol. The minimum Gasteiger partial charge on any atom is -0.481 e. The van der Waals surface area contributed by atoms with Gasteiger partial charge in [-0.2, -0.15) is 0 Å². The quantitative estimate of drug-likeness (QED) is 0.801. The molecule has 0 aliphatic carbocycles. The van der Waals surface area contributed by atoms with Gasteiger partial charge in [0.1, 0.15) is 5.60 Å². The number of ketones is 1. The molecule has 0 N–H and O–H groups in total. The number of methoxy groups -OCH3 is 1. The highest BCUT2D eigenvalue weighted by Gasteiger charge is 2.31. The Morgan fingerprint density at radius 2 is 2.04 bits per heavy atom. The number of hydrogen-bond donors (Lipinski definition) is 0. The highest BCUT2D eigenvalue weighted by Crippen LogP contribution is 2.23. The van der Waals surface area contributed by atoms with Crippen LogP contribution in [0.2, 0.25) is 0 Å². The molecule has 0 aromatic carbocycles. The first-order valence-electron chi connectivity index (χ1n) is 7.82. The lowest BCUT2D eigenvalue weighted by atomic mass is 9.91. The largest absolute Gasteiger partial charge is 0.481 e. The second-order valence-corrected chi connectivity index (χ2v) is 6.72. The number of nitrogens with zero attached hydrogens (tertiary/aromatic N) is 2. The highest BCUT2D eigenvalue weighted by atomic mass is 16.6. The van der Waals surface area contributed by atoms with Crippen LogP contribution < -0.4 is 4.74 Å². The Balaban J connectivity index is 2.02. The Labute approximate surface area is 136 Å². The second kappa shape index (κ2) is 6.98. The van der Waals surface area contributed by atoms with E-state index in [-0.39, 0.29) is 17.8 Å². The van der Waals surface area contributed by atoms with Gasteiger partial charge in [-0.1, -0.05) is 0 Å². The molecule has 1 saturated heterocycles. The summed E-state index contributed by atoms with van der Waals surface area (Å²) in [5.41, 5.74) is 0.00958. The molecule has 0 spiro atoms. The van der Waals surface area contributed by atoms with Gasteiger partial charge in [0.15, 0.2) is 5.78 Å². The lowest BCUT2D eigenvalue weighted by Crippen LogP contribution is -2.44. The predicted octanol–water partition coefficient (Wildman–Crippen LogP) is 2.92. The number of amides is 1. The van der Waals surface area contributed by atoms with Crippen LogP contribution in [0.3, 0.4) is 0 Å². The SMILES string of the molecule is COc1ccc(C(=O)C2CCCN(C(=O)OC(C)(C)C)C2)cn1. The van der Waals surface area contributed by atoms with E-state index in [2.05, 4.69) is 4.98 Å². The van der Waals surface area contributed by atoms with Crippen molar-refractivity contribution < 1.29 is 19.1 Å². The van der Waals surface area contributed by atoms with Gasteiger partial charge in [0.2, 0.25) is 5.88 Å². The van der Waals surface area contributed by atoms with Gasteiger partial charge in [-0.05, 0) is 39.7 Å². The summed E-state index contributed by atoms with van der Waals surface area (Å²) in [6.45, 7) is 6.51. The van der Waals surface area contributed by atoms with Gasteiger partial charge in [0.05, 0.1) is 7.11 Å². The summed E-state index contributed by atoms with van der Waals surface area (Å²) in [6, 6.07) is 3.38. The van der Waals surface area contributed by atoms with Crippen LogP contribution >= 0.6 is 0 Å². The lowest BCUT2D eigenvalue weighted by molar-refractivity contribution is 0.0172. The minimum atomic E-state index is -0.534. The van der Waals surface area contributed by atoms with E-state index in [1.807, 2.05) is 20.8 Å². The summed E-state index contributed by atoms with van der Waals surface area (Å²) in [5.74, 6) is 0.264. The number of hydrogen-bond acceptors (Lipinski definition) is 5. The number of piperidine rings is 1. The summed E-state index contributed by atoms with van der Waals surface area (Å²) in [5, 5.41) is 0. The maximum absolute atomic E-state index is 12.6. The number of carbonyl (C=O) groups is 2. The second-order valence-electron chi connectivity index (χ2n) is 6.72. The highest BCUT2D eigenvalue weighted by molar-refractivity contribution is 5.98. The molecule has 23 heavy (non-hydrogen) atoms. The van der Waals surface area contributed by atoms with Gasteiger partial charge in [-0.15, -0.1) is 0 Å². The number of Topliss-reactive ketones (excluding diaryl/α,β-unsaturated/α-hetero) is 1. The maximum Gasteiger partial charge on any atom is 0.410 e. The van der Waals surface area contributed by atoms with Crippen molar-refractivity contribution in [3.05, 3.63) is 23.9 Å². The van der Waals surface area contributed by atoms with E-state index < -0.39 is 5.60 Å². The first kappa shape index (κ1) is 17.2. The van der Waals surface area contributed by atoms with Crippen molar-refractivity contribution in [3.8, 4) is 5.88 Å². The molecular weight excluding hydrogens is 296 g/mol. The van der Waals surface area contributed by atoms with Gasteiger partial charge in [0, 0.05) is 36.8 Å². The van der Waals surface area contributed by atoms with Crippen molar-refractivity contribution >= 4 is 11.9 Å². The molecule has 2 heterocycles. The molecule has 1 amide bonds. The molecule has 1 atom stereocenters. The Kier molecular flexibility index (Phi) is 5.23. The van der Waals surface area contributed by atoms with Crippen LogP contribution in [0.4, 0.5) is 4.79 Å². The van der Waals surface area contributed by atoms with Crippen LogP contribution in [0.25, 0.3) is 0 Å². The monoisotopic (exact) mass is 320 g/mol. The molecule has 0 bridgehead atoms. The lowest BCUT2D eigenvalue weighted by Gasteiger charge is -2.33. The molecule has 126 valence electrons. The van der Waals surface area contributed by atoms with Crippen molar-refractivity contribution in [2.75, 3.05) is 20.2 Å². The summed E-state index contributed by atoms with van der Waals surface area (Å²) in [6.07, 6.45) is 2.72. The van der Waals surface area contributed by atoms with Crippen LogP contribution in [0.15, 0.2) is 18.3 Å². The van der Waals surface area contributed by atoms with Crippen LogP contribution in [-0.2, 0) is 4.74 Å². The first-order valence-corrected chi connectivity index (χ1v) is 7.82. The maximum atomic E-state index is 12.6. The number of likely N-dealkylation sites (tertiary alicyclic amines) is 1. The number of pyridine rings is 1. The fourth-order valence-electron chi connectivity index (χ4n) is 2.57. The zero-order valence-electron chi connectivity index (χ0n) is 14.2. The fourth-order valence-corrected chi connectivity index (χ4v) is 2.57. The molecule has 1 aromatic rings. The molecule has 1 aromatic heterocycles. The average molecular weight is 320 g/mol. The van der Waals surface area contributed by atoms with Crippen LogP contribution in [0, 0.1) is 5.92 Å². The third kappa shape index (κ3) is 4.68. The Morgan fingerprint density at radius 3 is 2.61 bits per heavy atom. The third-order valence-electron chi connectivity index (χ3n) is 3.67. The molecule has 0 saturated carbocycles. The fraction of sp³-hybridized carbons (Fsp3) is 0.588. The first-order chi connectivity index (χ1) is 10.8. The van der Waals surface area contributed by atoms with Crippen LogP contribution in [0.1, 0.15) is 44.0 Å². The molecule has 6 heteroatoms. The van der Waals surface area contributed by atoms with E-state index in [0.717, 1.165) is 12.8 Å². The summed E-state index contributed by atoms with van der Waals surface area (Å²) < 4.78 is 10.4. The van der Waals surface area contributed by atoms with Crippen LogP contribution in [-0.4, -0.2) is 47.6 Å². The molecular formula is C17H24N2O4. The van der Waals surface area contributed by atoms with Crippen molar-refractivity contribution in [1.82, 2.24) is 9.88 Å². The Bertz CT molecular complexity index is 563. The molecule has 1 aliphatic heterocycles. The number of ether oxygens (including phenoxy) is 2. The van der Waals surface area contributed by atoms with E-state index in [9.17, 15) is 9.59 Å². The van der Waals surface area contributed by atoms with Gasteiger partial charge < -0.3 is 14.4 Å². The van der Waals surface area contributed by atoms with E-state index in [4.69, 9.17) is 9.47 Å². The van der Waals surface area contributed by atoms with Gasteiger partial charge in [-0.25, -0.2) is 9.78 Å². The average Bonchev–Trinajstić information content (AvgIpc) is 2.53. The molecule has 1 unspecified atom stereocenters. The number of carbonyl (C=O) groups excluding carboxylic acids is 2. The zero-order chi connectivity index (χ0) is 17.0. The number of rotatable bonds is 3. The molecule has 0 radical (unpaired) electrons. The van der Waals surface area contributed by atoms with Crippen molar-refractivity contribution in [2.24, 2.45) is 5.92 Å². The standard InChI is InChI=1S/C17H24N2O4/c1-17(2,3)23-16(21)19-9-5-6-13(11-19)15(20)12-7-8-14(22-4)18-10-12/h7-8,10,13H,5-6,9,11H2,1-4H3. The Morgan fingerprint density at radius 1 is 1.30 bits per heavy atom. The molecule has 2 rings (SSSR count). The van der Waals surface area contributed by atoms with Gasteiger partial charge in [-0.3, -0.25) is 4.79 Å². The Hall–Kier alpha value is -2.11. The summed E-state index contributed by atoms with van der Waals surface area (Å²) in [7, 11) is 1.53. The third-order valence-corrected chi connectivity index (χ3v) is 3.67. The van der Waals surface area contributed by atoms with E-state index in [0.29, 0.717) is 24.5 Å². The molecule has 6 nitrogen and oxygen atoms in total. The molecule has 1 aliphatic rings. The van der Waals surface area contributed by atoms with Crippen molar-refractivity contribution in [2.45, 2.75) is 39.2 Å². The summed E-state index contributed by atoms with van der Waals surface area (Å²) >= 11 is 0. The van der Waals surface area contributed by atoms with Crippen LogP contribution in [0.5, 0.6) is 5.88 Å². The topological polar surface area (TPSA) is 68.7 Å². The normalized spacial score (nSPS) is 18.4. The van der Waals surface area contributed by atoms with Crippen molar-refractivity contribution in [1.29, 1.82) is 0 Å². The minimum absolute atomic E-state index is 0.00779. The van der Waals surface area contributed by atoms with E-state index >= 15 is 0 Å². The summed E-state index contributed by atoms with van der Waals surface area (Å²) in [4.78, 5) is 30.4. The number of aromatic nitrogens is 1. The zero-order valence-corrected chi connectivity index (χ0v) is 14.2. The smallest absolute Gasteiger partial charge is 0.410 e. The van der Waals surface area contributed by atoms with Crippen molar-refractivity contribution in [3.63, 3.8) is 0 Å². The van der Waals surface area contributed by atoms with E-state index in [1.54, 1.807) is 17.0 Å². The van der Waals surface area contributed by atoms with Gasteiger partial charge in [0.25, 0.3) is 0 Å². The van der Waals surface area contributed by atoms with Gasteiger partial charge >= 0.3 is 6.09 Å².